The molecular formula is C20H26N2O2S. The molecule has 2 heterocycles. The van der Waals surface area contributed by atoms with Crippen molar-refractivity contribution < 1.29 is 4.79 Å². The first-order chi connectivity index (χ1) is 12.1. The van der Waals surface area contributed by atoms with Gasteiger partial charge in [-0.15, -0.1) is 0 Å². The first-order valence-electron chi connectivity index (χ1n) is 9.11. The maximum absolute atomic E-state index is 12.8. The van der Waals surface area contributed by atoms with Crippen LogP contribution < -0.4 is 4.87 Å². The summed E-state index contributed by atoms with van der Waals surface area (Å²) in [5.74, 6) is 0.563. The number of carbonyl (C=O) groups excluding carboxylic acids is 1. The molecule has 25 heavy (non-hydrogen) atoms. The van der Waals surface area contributed by atoms with Gasteiger partial charge in [-0.3, -0.25) is 9.59 Å². The summed E-state index contributed by atoms with van der Waals surface area (Å²) in [4.78, 5) is 26.8. The highest BCUT2D eigenvalue weighted by Gasteiger charge is 2.34. The molecule has 1 aromatic heterocycles. The molecule has 3 rings (SSSR count). The standard InChI is InChI=1S/C20H26N2O2S/c1-3-17(16-8-5-4-6-9-16)18-10-7-12-22(18)19(23)11-13-21-15(2)14-25-20(21)24/h4-6,8-9,14,17-18H,3,7,10-13H2,1-2H3. The lowest BCUT2D eigenvalue weighted by Crippen LogP contribution is -2.39. The van der Waals surface area contributed by atoms with E-state index < -0.39 is 0 Å². The molecule has 1 amide bonds. The van der Waals surface area contributed by atoms with E-state index in [4.69, 9.17) is 0 Å². The maximum Gasteiger partial charge on any atom is 0.307 e. The van der Waals surface area contributed by atoms with Crippen molar-refractivity contribution in [3.8, 4) is 0 Å². The molecule has 0 radical (unpaired) electrons. The highest BCUT2D eigenvalue weighted by molar-refractivity contribution is 7.07. The third-order valence-electron chi connectivity index (χ3n) is 5.28. The Balaban J connectivity index is 1.70. The van der Waals surface area contributed by atoms with Crippen LogP contribution in [0.4, 0.5) is 0 Å². The van der Waals surface area contributed by atoms with Crippen LogP contribution in [0.1, 0.15) is 49.8 Å². The normalized spacial score (nSPS) is 18.5. The molecule has 2 atom stereocenters. The molecule has 0 N–H and O–H groups in total. The number of nitrogens with zero attached hydrogens (tertiary/aromatic N) is 2. The SMILES string of the molecule is CCC(c1ccccc1)C1CCCN1C(=O)CCn1c(C)csc1=O. The zero-order chi connectivity index (χ0) is 17.8. The van der Waals surface area contributed by atoms with E-state index in [1.807, 2.05) is 18.4 Å². The van der Waals surface area contributed by atoms with Crippen LogP contribution in [0.3, 0.4) is 0 Å². The van der Waals surface area contributed by atoms with Crippen molar-refractivity contribution in [1.29, 1.82) is 0 Å². The van der Waals surface area contributed by atoms with E-state index in [0.29, 0.717) is 18.9 Å². The highest BCUT2D eigenvalue weighted by Crippen LogP contribution is 2.33. The average Bonchev–Trinajstić information content (AvgIpc) is 3.22. The fraction of sp³-hybridized carbons (Fsp3) is 0.500. The van der Waals surface area contributed by atoms with Gasteiger partial charge in [0.05, 0.1) is 0 Å². The Labute approximate surface area is 153 Å². The van der Waals surface area contributed by atoms with Gasteiger partial charge >= 0.3 is 4.87 Å². The van der Waals surface area contributed by atoms with Crippen molar-refractivity contribution in [3.63, 3.8) is 0 Å². The van der Waals surface area contributed by atoms with Crippen LogP contribution in [0.2, 0.25) is 0 Å². The van der Waals surface area contributed by atoms with Crippen molar-refractivity contribution in [2.75, 3.05) is 6.54 Å². The monoisotopic (exact) mass is 358 g/mol. The van der Waals surface area contributed by atoms with Crippen LogP contribution in [0.15, 0.2) is 40.5 Å². The molecule has 2 unspecified atom stereocenters. The van der Waals surface area contributed by atoms with Crippen molar-refractivity contribution >= 4 is 17.2 Å². The minimum Gasteiger partial charge on any atom is -0.339 e. The predicted octanol–water partition coefficient (Wildman–Crippen LogP) is 3.79. The quantitative estimate of drug-likeness (QED) is 0.788. The molecule has 0 spiro atoms. The molecule has 134 valence electrons. The smallest absolute Gasteiger partial charge is 0.307 e. The summed E-state index contributed by atoms with van der Waals surface area (Å²) in [6.45, 7) is 5.44. The second-order valence-electron chi connectivity index (χ2n) is 6.77. The second kappa shape index (κ2) is 8.00. The molecule has 2 aromatic rings. The number of aryl methyl sites for hydroxylation is 1. The summed E-state index contributed by atoms with van der Waals surface area (Å²) in [5, 5.41) is 1.86. The molecule has 1 fully saturated rings. The van der Waals surface area contributed by atoms with Crippen molar-refractivity contribution in [2.45, 2.75) is 58.0 Å². The minimum atomic E-state index is 0.0268. The highest BCUT2D eigenvalue weighted by atomic mass is 32.1. The van der Waals surface area contributed by atoms with E-state index in [-0.39, 0.29) is 16.8 Å². The summed E-state index contributed by atoms with van der Waals surface area (Å²) in [7, 11) is 0. The van der Waals surface area contributed by atoms with Gasteiger partial charge in [0, 0.05) is 42.5 Å². The van der Waals surface area contributed by atoms with E-state index in [0.717, 1.165) is 31.5 Å². The lowest BCUT2D eigenvalue weighted by Gasteiger charge is -2.32. The fourth-order valence-electron chi connectivity index (χ4n) is 3.98. The molecular weight excluding hydrogens is 332 g/mol. The third kappa shape index (κ3) is 3.87. The Morgan fingerprint density at radius 3 is 2.72 bits per heavy atom. The Hall–Kier alpha value is -1.88. The van der Waals surface area contributed by atoms with Gasteiger partial charge in [-0.2, -0.15) is 0 Å². The molecule has 0 aliphatic carbocycles. The van der Waals surface area contributed by atoms with E-state index in [9.17, 15) is 9.59 Å². The van der Waals surface area contributed by atoms with E-state index in [1.54, 1.807) is 4.57 Å². The number of hydrogen-bond donors (Lipinski definition) is 0. The summed E-state index contributed by atoms with van der Waals surface area (Å²) >= 11 is 1.20. The third-order valence-corrected chi connectivity index (χ3v) is 6.16. The van der Waals surface area contributed by atoms with Crippen molar-refractivity contribution in [2.24, 2.45) is 0 Å². The largest absolute Gasteiger partial charge is 0.339 e. The Kier molecular flexibility index (Phi) is 5.74. The Morgan fingerprint density at radius 1 is 1.32 bits per heavy atom. The van der Waals surface area contributed by atoms with Crippen LogP contribution in [-0.4, -0.2) is 28.0 Å². The molecule has 5 heteroatoms. The van der Waals surface area contributed by atoms with Crippen LogP contribution in [0, 0.1) is 6.92 Å². The number of benzene rings is 1. The van der Waals surface area contributed by atoms with Gasteiger partial charge in [-0.25, -0.2) is 0 Å². The van der Waals surface area contributed by atoms with Gasteiger partial charge in [0.15, 0.2) is 0 Å². The first kappa shape index (κ1) is 17.9. The molecule has 1 aliphatic heterocycles. The topological polar surface area (TPSA) is 42.3 Å². The molecule has 1 saturated heterocycles. The minimum absolute atomic E-state index is 0.0268. The number of aromatic nitrogens is 1. The second-order valence-corrected chi connectivity index (χ2v) is 7.59. The molecule has 1 aromatic carbocycles. The summed E-state index contributed by atoms with van der Waals surface area (Å²) in [5.41, 5.74) is 2.26. The van der Waals surface area contributed by atoms with Gasteiger partial charge in [-0.1, -0.05) is 48.6 Å². The zero-order valence-electron chi connectivity index (χ0n) is 15.0. The summed E-state index contributed by atoms with van der Waals surface area (Å²) in [6, 6.07) is 10.8. The van der Waals surface area contributed by atoms with Crippen LogP contribution in [0.5, 0.6) is 0 Å². The van der Waals surface area contributed by atoms with Crippen molar-refractivity contribution in [3.05, 3.63) is 56.6 Å². The van der Waals surface area contributed by atoms with E-state index >= 15 is 0 Å². The van der Waals surface area contributed by atoms with E-state index in [1.165, 1.54) is 16.9 Å². The van der Waals surface area contributed by atoms with Gasteiger partial charge in [0.2, 0.25) is 5.91 Å². The summed E-state index contributed by atoms with van der Waals surface area (Å²) < 4.78 is 1.71. The molecule has 0 saturated carbocycles. The van der Waals surface area contributed by atoms with Crippen LogP contribution in [-0.2, 0) is 11.3 Å². The molecule has 0 bridgehead atoms. The summed E-state index contributed by atoms with van der Waals surface area (Å²) in [6.07, 6.45) is 3.56. The Morgan fingerprint density at radius 2 is 2.08 bits per heavy atom. The molecule has 1 aliphatic rings. The number of rotatable bonds is 6. The number of thiazole rings is 1. The van der Waals surface area contributed by atoms with Gasteiger partial charge in [-0.05, 0) is 31.7 Å². The number of likely N-dealkylation sites (tertiary alicyclic amines) is 1. The van der Waals surface area contributed by atoms with Gasteiger partial charge in [0.25, 0.3) is 0 Å². The lowest BCUT2D eigenvalue weighted by molar-refractivity contribution is -0.132. The number of hydrogen-bond acceptors (Lipinski definition) is 3. The lowest BCUT2D eigenvalue weighted by atomic mass is 9.87. The number of carbonyl (C=O) groups is 1. The van der Waals surface area contributed by atoms with E-state index in [2.05, 4.69) is 36.1 Å². The fourth-order valence-corrected chi connectivity index (χ4v) is 4.74. The van der Waals surface area contributed by atoms with Crippen molar-refractivity contribution in [1.82, 2.24) is 9.47 Å². The van der Waals surface area contributed by atoms with Gasteiger partial charge < -0.3 is 9.47 Å². The Bertz CT molecular complexity index is 766. The first-order valence-corrected chi connectivity index (χ1v) is 9.99. The zero-order valence-corrected chi connectivity index (χ0v) is 15.8. The number of amides is 1. The predicted molar refractivity (Wildman–Crippen MR) is 102 cm³/mol. The maximum atomic E-state index is 12.8. The van der Waals surface area contributed by atoms with Crippen LogP contribution >= 0.6 is 11.3 Å². The average molecular weight is 359 g/mol. The molecule has 4 nitrogen and oxygen atoms in total. The van der Waals surface area contributed by atoms with Gasteiger partial charge in [0.1, 0.15) is 0 Å². The van der Waals surface area contributed by atoms with Crippen LogP contribution in [0.25, 0.3) is 0 Å².